The lowest BCUT2D eigenvalue weighted by molar-refractivity contribution is 0.0698. The lowest BCUT2D eigenvalue weighted by Gasteiger charge is -2.25. The second kappa shape index (κ2) is 8.90. The van der Waals surface area contributed by atoms with Crippen LogP contribution in [0, 0.1) is 11.2 Å². The topological polar surface area (TPSA) is 79.5 Å². The molecule has 2 aliphatic carbocycles. The van der Waals surface area contributed by atoms with E-state index in [4.69, 9.17) is 4.42 Å². The zero-order valence-electron chi connectivity index (χ0n) is 19.4. The van der Waals surface area contributed by atoms with E-state index in [1.54, 1.807) is 24.3 Å². The summed E-state index contributed by atoms with van der Waals surface area (Å²) in [6.45, 7) is 1.81. The minimum atomic E-state index is -1.05. The van der Waals surface area contributed by atoms with E-state index in [-0.39, 0.29) is 22.3 Å². The normalized spacial score (nSPS) is 20.5. The number of para-hydroxylation sites is 1. The van der Waals surface area contributed by atoms with E-state index < -0.39 is 17.8 Å². The molecular formula is C28H30FNO4. The highest BCUT2D eigenvalue weighted by atomic mass is 19.1. The van der Waals surface area contributed by atoms with E-state index in [9.17, 15) is 19.1 Å². The predicted molar refractivity (Wildman–Crippen MR) is 130 cm³/mol. The van der Waals surface area contributed by atoms with Crippen molar-refractivity contribution in [2.75, 3.05) is 5.32 Å². The van der Waals surface area contributed by atoms with Crippen molar-refractivity contribution in [1.29, 1.82) is 0 Å². The monoisotopic (exact) mass is 463 g/mol. The van der Waals surface area contributed by atoms with Crippen LogP contribution in [0.15, 0.2) is 51.7 Å². The Bertz CT molecular complexity index is 1290. The van der Waals surface area contributed by atoms with Crippen molar-refractivity contribution in [1.82, 2.24) is 0 Å². The van der Waals surface area contributed by atoms with Crippen molar-refractivity contribution in [3.8, 4) is 0 Å². The summed E-state index contributed by atoms with van der Waals surface area (Å²) >= 11 is 0. The Hall–Kier alpha value is -3.15. The maximum atomic E-state index is 14.5. The fourth-order valence-electron chi connectivity index (χ4n) is 5.50. The second-order valence-electron chi connectivity index (χ2n) is 10.1. The minimum absolute atomic E-state index is 0.126. The molecule has 2 aromatic carbocycles. The number of halogens is 1. The van der Waals surface area contributed by atoms with Gasteiger partial charge in [0.15, 0.2) is 5.43 Å². The second-order valence-corrected chi connectivity index (χ2v) is 10.1. The average molecular weight is 464 g/mol. The quantitative estimate of drug-likeness (QED) is 0.425. The zero-order chi connectivity index (χ0) is 23.9. The fourth-order valence-corrected chi connectivity index (χ4v) is 5.50. The van der Waals surface area contributed by atoms with Gasteiger partial charge in [-0.3, -0.25) is 4.79 Å². The molecule has 5 rings (SSSR count). The van der Waals surface area contributed by atoms with Gasteiger partial charge < -0.3 is 14.8 Å². The summed E-state index contributed by atoms with van der Waals surface area (Å²) in [4.78, 5) is 24.7. The number of hydrogen-bond donors (Lipinski definition) is 2. The van der Waals surface area contributed by atoms with E-state index in [1.807, 2.05) is 6.92 Å². The molecule has 0 bridgehead atoms. The van der Waals surface area contributed by atoms with Crippen LogP contribution in [0.5, 0.6) is 0 Å². The largest absolute Gasteiger partial charge is 0.478 e. The third kappa shape index (κ3) is 4.46. The summed E-state index contributed by atoms with van der Waals surface area (Å²) in [5.41, 5.74) is 1.70. The lowest BCUT2D eigenvalue weighted by Crippen LogP contribution is -2.14. The van der Waals surface area contributed by atoms with Crippen LogP contribution in [0.1, 0.15) is 91.9 Å². The van der Waals surface area contributed by atoms with Gasteiger partial charge in [-0.05, 0) is 75.1 Å². The summed E-state index contributed by atoms with van der Waals surface area (Å²) in [5, 5.41) is 12.9. The number of aromatic carboxylic acids is 1. The van der Waals surface area contributed by atoms with Gasteiger partial charge in [0.2, 0.25) is 0 Å². The molecule has 1 heterocycles. The van der Waals surface area contributed by atoms with Crippen molar-refractivity contribution >= 4 is 22.6 Å². The fraction of sp³-hybridized carbons (Fsp3) is 0.429. The summed E-state index contributed by atoms with van der Waals surface area (Å²) < 4.78 is 20.9. The summed E-state index contributed by atoms with van der Waals surface area (Å²) in [6, 6.07) is 10.2. The predicted octanol–water partition coefficient (Wildman–Crippen LogP) is 7.02. The van der Waals surface area contributed by atoms with Gasteiger partial charge >= 0.3 is 5.97 Å². The Morgan fingerprint density at radius 1 is 1.12 bits per heavy atom. The number of carbonyl (C=O) groups is 1. The molecule has 1 spiro atoms. The highest BCUT2D eigenvalue weighted by molar-refractivity contribution is 5.94. The molecule has 3 aromatic rings. The van der Waals surface area contributed by atoms with Gasteiger partial charge in [-0.25, -0.2) is 9.18 Å². The number of carboxylic acid groups (broad SMARTS) is 1. The SMILES string of the molecule is C[C@@H](Nc1ccccc1C(=O)O)c1cc(F)cc2c(=O)cc(C3CCCCC4(CC3)CC4)oc12. The van der Waals surface area contributed by atoms with Gasteiger partial charge in [0, 0.05) is 23.2 Å². The molecule has 0 aliphatic heterocycles. The lowest BCUT2D eigenvalue weighted by atomic mass is 9.82. The summed E-state index contributed by atoms with van der Waals surface area (Å²) in [6.07, 6.45) is 9.43. The molecule has 2 fully saturated rings. The molecule has 0 amide bonds. The van der Waals surface area contributed by atoms with E-state index >= 15 is 0 Å². The van der Waals surface area contributed by atoms with Crippen molar-refractivity contribution in [2.24, 2.45) is 5.41 Å². The van der Waals surface area contributed by atoms with E-state index in [2.05, 4.69) is 5.32 Å². The minimum Gasteiger partial charge on any atom is -0.478 e. The molecule has 34 heavy (non-hydrogen) atoms. The molecule has 178 valence electrons. The molecule has 1 unspecified atom stereocenters. The Kier molecular flexibility index (Phi) is 5.92. The maximum Gasteiger partial charge on any atom is 0.337 e. The van der Waals surface area contributed by atoms with Gasteiger partial charge in [0.05, 0.1) is 17.0 Å². The van der Waals surface area contributed by atoms with E-state index in [1.165, 1.54) is 50.3 Å². The third-order valence-corrected chi connectivity index (χ3v) is 7.73. The van der Waals surface area contributed by atoms with Crippen LogP contribution in [0.3, 0.4) is 0 Å². The highest BCUT2D eigenvalue weighted by Gasteiger charge is 2.42. The Morgan fingerprint density at radius 2 is 1.91 bits per heavy atom. The van der Waals surface area contributed by atoms with Gasteiger partial charge in [-0.15, -0.1) is 0 Å². The van der Waals surface area contributed by atoms with Crippen LogP contribution < -0.4 is 10.7 Å². The molecule has 2 saturated carbocycles. The molecule has 5 nitrogen and oxygen atoms in total. The molecule has 1 aromatic heterocycles. The van der Waals surface area contributed by atoms with Crippen LogP contribution in [-0.4, -0.2) is 11.1 Å². The van der Waals surface area contributed by atoms with Gasteiger partial charge in [-0.1, -0.05) is 25.0 Å². The standard InChI is InChI=1S/C28H30FNO4/c1-17(30-23-8-3-2-7-20(23)27(32)33)21-14-19(29)15-22-24(31)16-25(34-26(21)22)18-6-4-5-10-28(11-9-18)12-13-28/h2-3,7-8,14-18,30H,4-6,9-13H2,1H3,(H,32,33)/t17-,18?/m1/s1. The number of anilines is 1. The van der Waals surface area contributed by atoms with Crippen LogP contribution in [-0.2, 0) is 0 Å². The molecule has 2 aliphatic rings. The van der Waals surface area contributed by atoms with Crippen molar-refractivity contribution < 1.29 is 18.7 Å². The third-order valence-electron chi connectivity index (χ3n) is 7.73. The molecule has 0 radical (unpaired) electrons. The highest BCUT2D eigenvalue weighted by Crippen LogP contribution is 2.56. The molecule has 0 saturated heterocycles. The number of carboxylic acids is 1. The number of hydrogen-bond acceptors (Lipinski definition) is 4. The van der Waals surface area contributed by atoms with Gasteiger partial charge in [0.25, 0.3) is 0 Å². The number of rotatable bonds is 5. The number of benzene rings is 2. The van der Waals surface area contributed by atoms with Crippen LogP contribution in [0.4, 0.5) is 10.1 Å². The van der Waals surface area contributed by atoms with Crippen LogP contribution in [0.25, 0.3) is 11.0 Å². The summed E-state index contributed by atoms with van der Waals surface area (Å²) in [7, 11) is 0. The maximum absolute atomic E-state index is 14.5. The first-order valence-corrected chi connectivity index (χ1v) is 12.2. The zero-order valence-corrected chi connectivity index (χ0v) is 19.4. The number of fused-ring (bicyclic) bond motifs is 1. The first kappa shape index (κ1) is 22.6. The first-order valence-electron chi connectivity index (χ1n) is 12.2. The molecule has 2 atom stereocenters. The Balaban J connectivity index is 1.52. The smallest absolute Gasteiger partial charge is 0.337 e. The average Bonchev–Trinajstić information content (AvgIpc) is 3.57. The van der Waals surface area contributed by atoms with Crippen LogP contribution in [0.2, 0.25) is 0 Å². The molecule has 6 heteroatoms. The Labute approximate surface area is 198 Å². The van der Waals surface area contributed by atoms with E-state index in [0.29, 0.717) is 28.0 Å². The van der Waals surface area contributed by atoms with Gasteiger partial charge in [-0.2, -0.15) is 0 Å². The Morgan fingerprint density at radius 3 is 2.68 bits per heavy atom. The van der Waals surface area contributed by atoms with Crippen molar-refractivity contribution in [2.45, 2.75) is 70.3 Å². The van der Waals surface area contributed by atoms with Crippen LogP contribution >= 0.6 is 0 Å². The first-order chi connectivity index (χ1) is 16.3. The molecular weight excluding hydrogens is 433 g/mol. The van der Waals surface area contributed by atoms with Crippen molar-refractivity contribution in [3.05, 3.63) is 75.4 Å². The number of nitrogens with one attached hydrogen (secondary N) is 1. The summed E-state index contributed by atoms with van der Waals surface area (Å²) in [5.74, 6) is -0.708. The van der Waals surface area contributed by atoms with Gasteiger partial charge in [0.1, 0.15) is 17.2 Å². The van der Waals surface area contributed by atoms with Crippen molar-refractivity contribution in [3.63, 3.8) is 0 Å². The van der Waals surface area contributed by atoms with E-state index in [0.717, 1.165) is 19.3 Å². The molecule has 2 N–H and O–H groups in total.